The Morgan fingerprint density at radius 1 is 1.35 bits per heavy atom. The third kappa shape index (κ3) is 5.19. The number of rotatable bonds is 5. The zero-order valence-electron chi connectivity index (χ0n) is 9.54. The van der Waals surface area contributed by atoms with Crippen molar-refractivity contribution in [1.29, 1.82) is 0 Å². The van der Waals surface area contributed by atoms with Crippen LogP contribution in [0.1, 0.15) is 30.1 Å². The van der Waals surface area contributed by atoms with Gasteiger partial charge in [-0.2, -0.15) is 0 Å². The zero-order valence-corrected chi connectivity index (χ0v) is 12.7. The molecule has 0 aliphatic rings. The van der Waals surface area contributed by atoms with Crippen LogP contribution in [-0.2, 0) is 0 Å². The number of hydrogen-bond acceptors (Lipinski definition) is 2. The minimum Gasteiger partial charge on any atom is -0.391 e. The summed E-state index contributed by atoms with van der Waals surface area (Å²) in [5, 5.41) is 12.2. The Hall–Kier alpha value is -0.390. The summed E-state index contributed by atoms with van der Waals surface area (Å²) < 4.78 is 1.68. The van der Waals surface area contributed by atoms with E-state index in [-0.39, 0.29) is 12.5 Å². The highest BCUT2D eigenvalue weighted by Crippen LogP contribution is 2.19. The lowest BCUT2D eigenvalue weighted by molar-refractivity contribution is 0.0910. The summed E-state index contributed by atoms with van der Waals surface area (Å²) in [6, 6.07) is 5.35. The Morgan fingerprint density at radius 3 is 2.47 bits per heavy atom. The Kier molecular flexibility index (Phi) is 6.16. The fourth-order valence-electron chi connectivity index (χ4n) is 1.43. The molecule has 0 aliphatic carbocycles. The van der Waals surface area contributed by atoms with E-state index in [9.17, 15) is 9.90 Å². The maximum absolute atomic E-state index is 11.8. The number of carbonyl (C=O) groups is 1. The molecule has 2 N–H and O–H groups in total. The number of nitrogens with one attached hydrogen (secondary N) is 1. The van der Waals surface area contributed by atoms with E-state index in [1.54, 1.807) is 12.1 Å². The molecule has 1 rings (SSSR count). The molecule has 0 bridgehead atoms. The molecule has 1 aromatic rings. The molecule has 0 spiro atoms. The second-order valence-corrected chi connectivity index (χ2v) is 5.64. The first-order valence-electron chi connectivity index (χ1n) is 5.45. The van der Waals surface area contributed by atoms with Crippen LogP contribution in [0.25, 0.3) is 0 Å². The molecule has 0 saturated heterocycles. The molecule has 1 atom stereocenters. The van der Waals surface area contributed by atoms with Gasteiger partial charge in [-0.05, 0) is 24.6 Å². The van der Waals surface area contributed by atoms with Gasteiger partial charge in [0, 0.05) is 21.1 Å². The Labute approximate surface area is 118 Å². The zero-order chi connectivity index (χ0) is 12.8. The molecule has 94 valence electrons. The Morgan fingerprint density at radius 2 is 1.94 bits per heavy atom. The van der Waals surface area contributed by atoms with Crippen LogP contribution >= 0.6 is 31.9 Å². The number of benzene rings is 1. The van der Waals surface area contributed by atoms with Gasteiger partial charge in [0.2, 0.25) is 0 Å². The number of hydrogen-bond donors (Lipinski definition) is 2. The van der Waals surface area contributed by atoms with Crippen LogP contribution in [0.15, 0.2) is 27.1 Å². The van der Waals surface area contributed by atoms with E-state index in [1.165, 1.54) is 0 Å². The second kappa shape index (κ2) is 7.13. The molecule has 1 amide bonds. The van der Waals surface area contributed by atoms with Crippen LogP contribution in [-0.4, -0.2) is 23.7 Å². The standard InChI is InChI=1S/C12H15Br2NO2/c1-2-3-11(16)7-15-12(17)8-4-9(13)6-10(14)5-8/h4-6,11,16H,2-3,7H2,1H3,(H,15,17). The number of halogens is 2. The maximum Gasteiger partial charge on any atom is 0.251 e. The van der Waals surface area contributed by atoms with Crippen molar-refractivity contribution in [2.45, 2.75) is 25.9 Å². The van der Waals surface area contributed by atoms with Gasteiger partial charge in [0.05, 0.1) is 6.10 Å². The van der Waals surface area contributed by atoms with Crippen LogP contribution < -0.4 is 5.32 Å². The molecule has 0 aromatic heterocycles. The smallest absolute Gasteiger partial charge is 0.251 e. The number of aliphatic hydroxyl groups excluding tert-OH is 1. The molecule has 0 aliphatic heterocycles. The normalized spacial score (nSPS) is 12.2. The highest BCUT2D eigenvalue weighted by molar-refractivity contribution is 9.11. The van der Waals surface area contributed by atoms with Crippen molar-refractivity contribution in [2.75, 3.05) is 6.54 Å². The molecule has 0 fully saturated rings. The summed E-state index contributed by atoms with van der Waals surface area (Å²) in [6.45, 7) is 2.28. The predicted octanol–water partition coefficient (Wildman–Crippen LogP) is 3.10. The van der Waals surface area contributed by atoms with E-state index < -0.39 is 6.10 Å². The molecule has 0 saturated carbocycles. The maximum atomic E-state index is 11.8. The van der Waals surface area contributed by atoms with Crippen LogP contribution in [0.2, 0.25) is 0 Å². The third-order valence-corrected chi connectivity index (χ3v) is 3.16. The fourth-order valence-corrected chi connectivity index (χ4v) is 2.73. The molecular weight excluding hydrogens is 350 g/mol. The first kappa shape index (κ1) is 14.7. The topological polar surface area (TPSA) is 49.3 Å². The summed E-state index contributed by atoms with van der Waals surface area (Å²) in [4.78, 5) is 11.8. The van der Waals surface area contributed by atoms with Crippen molar-refractivity contribution in [3.05, 3.63) is 32.7 Å². The van der Waals surface area contributed by atoms with E-state index in [0.717, 1.165) is 15.4 Å². The average Bonchev–Trinajstić information content (AvgIpc) is 2.25. The molecule has 17 heavy (non-hydrogen) atoms. The number of amides is 1. The lowest BCUT2D eigenvalue weighted by atomic mass is 10.2. The highest BCUT2D eigenvalue weighted by Gasteiger charge is 2.09. The minimum atomic E-state index is -0.473. The van der Waals surface area contributed by atoms with Crippen molar-refractivity contribution in [3.63, 3.8) is 0 Å². The number of carbonyl (C=O) groups excluding carboxylic acids is 1. The van der Waals surface area contributed by atoms with Crippen molar-refractivity contribution >= 4 is 37.8 Å². The van der Waals surface area contributed by atoms with Gasteiger partial charge < -0.3 is 10.4 Å². The van der Waals surface area contributed by atoms with Crippen LogP contribution in [0.4, 0.5) is 0 Å². The van der Waals surface area contributed by atoms with Crippen LogP contribution in [0.3, 0.4) is 0 Å². The predicted molar refractivity (Wildman–Crippen MR) is 75.1 cm³/mol. The summed E-state index contributed by atoms with van der Waals surface area (Å²) >= 11 is 6.65. The van der Waals surface area contributed by atoms with E-state index >= 15 is 0 Å². The lowest BCUT2D eigenvalue weighted by Gasteiger charge is -2.11. The van der Waals surface area contributed by atoms with Gasteiger partial charge in [0.1, 0.15) is 0 Å². The summed E-state index contributed by atoms with van der Waals surface area (Å²) in [6.07, 6.45) is 1.13. The van der Waals surface area contributed by atoms with Gasteiger partial charge in [0.25, 0.3) is 5.91 Å². The summed E-state index contributed by atoms with van der Waals surface area (Å²) in [5.41, 5.74) is 0.565. The highest BCUT2D eigenvalue weighted by atomic mass is 79.9. The van der Waals surface area contributed by atoms with E-state index in [2.05, 4.69) is 37.2 Å². The molecule has 0 radical (unpaired) electrons. The largest absolute Gasteiger partial charge is 0.391 e. The number of aliphatic hydroxyl groups is 1. The Balaban J connectivity index is 2.58. The van der Waals surface area contributed by atoms with Gasteiger partial charge in [0.15, 0.2) is 0 Å². The van der Waals surface area contributed by atoms with E-state index in [1.807, 2.05) is 13.0 Å². The van der Waals surface area contributed by atoms with Gasteiger partial charge >= 0.3 is 0 Å². The van der Waals surface area contributed by atoms with E-state index in [4.69, 9.17) is 0 Å². The molecule has 3 nitrogen and oxygen atoms in total. The average molecular weight is 365 g/mol. The lowest BCUT2D eigenvalue weighted by Crippen LogP contribution is -2.32. The van der Waals surface area contributed by atoms with Crippen molar-refractivity contribution in [1.82, 2.24) is 5.32 Å². The van der Waals surface area contributed by atoms with Crippen LogP contribution in [0.5, 0.6) is 0 Å². The first-order chi connectivity index (χ1) is 8.02. The van der Waals surface area contributed by atoms with Crippen molar-refractivity contribution in [3.8, 4) is 0 Å². The van der Waals surface area contributed by atoms with Crippen LogP contribution in [0, 0.1) is 0 Å². The molecule has 0 heterocycles. The quantitative estimate of drug-likeness (QED) is 0.843. The van der Waals surface area contributed by atoms with Crippen molar-refractivity contribution < 1.29 is 9.90 Å². The van der Waals surface area contributed by atoms with E-state index in [0.29, 0.717) is 12.0 Å². The second-order valence-electron chi connectivity index (χ2n) is 3.81. The SMILES string of the molecule is CCCC(O)CNC(=O)c1cc(Br)cc(Br)c1. The molecular formula is C12H15Br2NO2. The summed E-state index contributed by atoms with van der Waals surface area (Å²) in [7, 11) is 0. The first-order valence-corrected chi connectivity index (χ1v) is 7.04. The molecule has 5 heteroatoms. The van der Waals surface area contributed by atoms with Gasteiger partial charge in [-0.3, -0.25) is 4.79 Å². The fraction of sp³-hybridized carbons (Fsp3) is 0.417. The monoisotopic (exact) mass is 363 g/mol. The Bertz CT molecular complexity index is 376. The van der Waals surface area contributed by atoms with Gasteiger partial charge in [-0.15, -0.1) is 0 Å². The van der Waals surface area contributed by atoms with Gasteiger partial charge in [-0.1, -0.05) is 45.2 Å². The molecule has 1 aromatic carbocycles. The minimum absolute atomic E-state index is 0.179. The van der Waals surface area contributed by atoms with Gasteiger partial charge in [-0.25, -0.2) is 0 Å². The molecule has 1 unspecified atom stereocenters. The van der Waals surface area contributed by atoms with Crippen molar-refractivity contribution in [2.24, 2.45) is 0 Å². The third-order valence-electron chi connectivity index (χ3n) is 2.24. The summed E-state index contributed by atoms with van der Waals surface area (Å²) in [5.74, 6) is -0.179.